The van der Waals surface area contributed by atoms with Crippen LogP contribution in [0, 0.1) is 18.8 Å². The first-order valence-electron chi connectivity index (χ1n) is 9.20. The van der Waals surface area contributed by atoms with E-state index in [1.54, 1.807) is 0 Å². The molecular formula is C20H22N4O. The Labute approximate surface area is 146 Å². The molecule has 2 aliphatic rings. The van der Waals surface area contributed by atoms with E-state index in [9.17, 15) is 5.11 Å². The summed E-state index contributed by atoms with van der Waals surface area (Å²) in [5, 5.41) is 25.2. The number of benzene rings is 1. The molecule has 0 radical (unpaired) electrons. The molecule has 128 valence electrons. The Balaban J connectivity index is 1.62. The van der Waals surface area contributed by atoms with Crippen molar-refractivity contribution in [1.29, 1.82) is 0 Å². The molecule has 0 saturated heterocycles. The quantitative estimate of drug-likeness (QED) is 0.760. The number of aryl methyl sites for hydroxylation is 1. The van der Waals surface area contributed by atoms with Crippen LogP contribution in [0.1, 0.15) is 43.8 Å². The summed E-state index contributed by atoms with van der Waals surface area (Å²) in [7, 11) is 0. The largest absolute Gasteiger partial charge is 0.505 e. The van der Waals surface area contributed by atoms with E-state index in [0.717, 1.165) is 34.1 Å². The van der Waals surface area contributed by atoms with Crippen molar-refractivity contribution < 1.29 is 5.11 Å². The molecule has 2 aromatic heterocycles. The summed E-state index contributed by atoms with van der Waals surface area (Å²) in [6, 6.07) is 10.1. The fourth-order valence-electron chi connectivity index (χ4n) is 4.89. The lowest BCUT2D eigenvalue weighted by molar-refractivity contribution is 0.250. The average molecular weight is 334 g/mol. The average Bonchev–Trinajstić information content (AvgIpc) is 3.15. The minimum atomic E-state index is 0.193. The first kappa shape index (κ1) is 14.9. The number of aromatic hydroxyl groups is 1. The summed E-state index contributed by atoms with van der Waals surface area (Å²) in [5.41, 5.74) is 2.95. The Bertz CT molecular complexity index is 922. The van der Waals surface area contributed by atoms with E-state index >= 15 is 0 Å². The molecule has 5 nitrogen and oxygen atoms in total. The number of aromatic nitrogens is 4. The van der Waals surface area contributed by atoms with Crippen molar-refractivity contribution in [3.8, 4) is 17.0 Å². The Morgan fingerprint density at radius 2 is 1.72 bits per heavy atom. The normalized spacial score (nSPS) is 25.6. The Kier molecular flexibility index (Phi) is 3.30. The van der Waals surface area contributed by atoms with Gasteiger partial charge in [0.25, 0.3) is 0 Å². The molecule has 3 aromatic rings. The van der Waals surface area contributed by atoms with Crippen molar-refractivity contribution in [3.05, 3.63) is 36.0 Å². The standard InChI is InChI=1S/C20H22N4O/c1-12-17-19(25)18(15-5-3-2-4-6-15)21-22-20(17)24(23-12)16-10-13-7-8-14(9-13)11-16/h2-6,13-14,16H,7-11H2,1H3,(H,22,25)/t13-,14+,16+. The molecule has 0 amide bonds. The van der Waals surface area contributed by atoms with Gasteiger partial charge in [-0.1, -0.05) is 43.2 Å². The summed E-state index contributed by atoms with van der Waals surface area (Å²) in [6.07, 6.45) is 6.44. The number of fused-ring (bicyclic) bond motifs is 3. The van der Waals surface area contributed by atoms with Gasteiger partial charge in [0.2, 0.25) is 0 Å². The van der Waals surface area contributed by atoms with Gasteiger partial charge in [0.05, 0.1) is 17.1 Å². The monoisotopic (exact) mass is 334 g/mol. The van der Waals surface area contributed by atoms with Crippen molar-refractivity contribution in [2.24, 2.45) is 11.8 Å². The predicted octanol–water partition coefficient (Wildman–Crippen LogP) is 4.26. The fourth-order valence-corrected chi connectivity index (χ4v) is 4.89. The van der Waals surface area contributed by atoms with Crippen molar-refractivity contribution in [3.63, 3.8) is 0 Å². The maximum absolute atomic E-state index is 10.9. The molecule has 2 fully saturated rings. The van der Waals surface area contributed by atoms with Crippen LogP contribution < -0.4 is 0 Å². The summed E-state index contributed by atoms with van der Waals surface area (Å²) in [4.78, 5) is 0. The minimum absolute atomic E-state index is 0.193. The summed E-state index contributed by atoms with van der Waals surface area (Å²) in [5.74, 6) is 1.85. The molecule has 25 heavy (non-hydrogen) atoms. The molecule has 0 aliphatic heterocycles. The molecule has 1 N–H and O–H groups in total. The van der Waals surface area contributed by atoms with Crippen LogP contribution in [0.15, 0.2) is 30.3 Å². The van der Waals surface area contributed by atoms with Gasteiger partial charge in [-0.2, -0.15) is 5.10 Å². The third-order valence-electron chi connectivity index (χ3n) is 6.02. The summed E-state index contributed by atoms with van der Waals surface area (Å²) >= 11 is 0. The first-order valence-corrected chi connectivity index (χ1v) is 9.20. The molecule has 2 aliphatic carbocycles. The molecule has 1 aromatic carbocycles. The Hall–Kier alpha value is -2.43. The topological polar surface area (TPSA) is 63.8 Å². The molecule has 5 rings (SSSR count). The van der Waals surface area contributed by atoms with Gasteiger partial charge >= 0.3 is 0 Å². The minimum Gasteiger partial charge on any atom is -0.505 e. The number of rotatable bonds is 2. The van der Waals surface area contributed by atoms with E-state index in [0.29, 0.717) is 11.7 Å². The molecule has 2 heterocycles. The SMILES string of the molecule is Cc1nn([C@H]2C[C@@H]3CC[C@@H](C3)C2)c2nnc(-c3ccccc3)c(O)c12. The third-order valence-corrected chi connectivity index (χ3v) is 6.02. The van der Waals surface area contributed by atoms with Gasteiger partial charge < -0.3 is 5.11 Å². The maximum atomic E-state index is 10.9. The summed E-state index contributed by atoms with van der Waals surface area (Å²) in [6.45, 7) is 1.95. The first-order chi connectivity index (χ1) is 12.2. The number of hydrogen-bond acceptors (Lipinski definition) is 4. The molecule has 0 spiro atoms. The van der Waals surface area contributed by atoms with Crippen LogP contribution in [-0.4, -0.2) is 25.1 Å². The zero-order valence-electron chi connectivity index (χ0n) is 14.4. The van der Waals surface area contributed by atoms with Gasteiger partial charge in [-0.25, -0.2) is 4.68 Å². The van der Waals surface area contributed by atoms with E-state index in [-0.39, 0.29) is 5.75 Å². The van der Waals surface area contributed by atoms with Gasteiger partial charge in [-0.05, 0) is 38.0 Å². The molecule has 2 bridgehead atoms. The van der Waals surface area contributed by atoms with Crippen molar-refractivity contribution in [1.82, 2.24) is 20.0 Å². The van der Waals surface area contributed by atoms with E-state index in [1.807, 2.05) is 41.9 Å². The van der Waals surface area contributed by atoms with Crippen LogP contribution in [0.5, 0.6) is 5.75 Å². The van der Waals surface area contributed by atoms with Crippen LogP contribution in [0.25, 0.3) is 22.3 Å². The van der Waals surface area contributed by atoms with E-state index in [2.05, 4.69) is 10.2 Å². The lowest BCUT2D eigenvalue weighted by Crippen LogP contribution is -2.21. The lowest BCUT2D eigenvalue weighted by Gasteiger charge is -2.28. The van der Waals surface area contributed by atoms with Crippen molar-refractivity contribution in [2.75, 3.05) is 0 Å². The van der Waals surface area contributed by atoms with E-state index < -0.39 is 0 Å². The summed E-state index contributed by atoms with van der Waals surface area (Å²) < 4.78 is 2.04. The maximum Gasteiger partial charge on any atom is 0.184 e. The number of nitrogens with zero attached hydrogens (tertiary/aromatic N) is 4. The highest BCUT2D eigenvalue weighted by atomic mass is 16.3. The van der Waals surface area contributed by atoms with Crippen LogP contribution in [0.3, 0.4) is 0 Å². The van der Waals surface area contributed by atoms with Gasteiger partial charge in [-0.3, -0.25) is 0 Å². The lowest BCUT2D eigenvalue weighted by atomic mass is 9.85. The van der Waals surface area contributed by atoms with E-state index in [4.69, 9.17) is 5.10 Å². The van der Waals surface area contributed by atoms with Gasteiger partial charge in [0.1, 0.15) is 5.69 Å². The van der Waals surface area contributed by atoms with Crippen LogP contribution in [0.4, 0.5) is 0 Å². The highest BCUT2D eigenvalue weighted by Gasteiger charge is 2.36. The molecule has 2 saturated carbocycles. The second-order valence-corrected chi connectivity index (χ2v) is 7.66. The second-order valence-electron chi connectivity index (χ2n) is 7.66. The Morgan fingerprint density at radius 3 is 2.44 bits per heavy atom. The van der Waals surface area contributed by atoms with Gasteiger partial charge in [-0.15, -0.1) is 10.2 Å². The molecule has 3 atom stereocenters. The van der Waals surface area contributed by atoms with Gasteiger partial charge in [0.15, 0.2) is 11.4 Å². The highest BCUT2D eigenvalue weighted by molar-refractivity contribution is 5.90. The van der Waals surface area contributed by atoms with Crippen LogP contribution >= 0.6 is 0 Å². The van der Waals surface area contributed by atoms with Crippen LogP contribution in [-0.2, 0) is 0 Å². The third kappa shape index (κ3) is 2.33. The van der Waals surface area contributed by atoms with Crippen LogP contribution in [0.2, 0.25) is 0 Å². The zero-order valence-corrected chi connectivity index (χ0v) is 14.4. The second kappa shape index (κ2) is 5.55. The van der Waals surface area contributed by atoms with Crippen molar-refractivity contribution >= 4 is 11.0 Å². The predicted molar refractivity (Wildman–Crippen MR) is 96.3 cm³/mol. The molecule has 5 heteroatoms. The van der Waals surface area contributed by atoms with Gasteiger partial charge in [0, 0.05) is 5.56 Å². The van der Waals surface area contributed by atoms with E-state index in [1.165, 1.54) is 32.1 Å². The molecule has 0 unspecified atom stereocenters. The fraction of sp³-hybridized carbons (Fsp3) is 0.450. The zero-order chi connectivity index (χ0) is 17.0. The Morgan fingerprint density at radius 1 is 1.00 bits per heavy atom. The smallest absolute Gasteiger partial charge is 0.184 e. The molecular weight excluding hydrogens is 312 g/mol. The van der Waals surface area contributed by atoms with Crippen molar-refractivity contribution in [2.45, 2.75) is 45.1 Å². The number of hydrogen-bond donors (Lipinski definition) is 1. The highest BCUT2D eigenvalue weighted by Crippen LogP contribution is 2.47.